The van der Waals surface area contributed by atoms with E-state index >= 15 is 0 Å². The minimum absolute atomic E-state index is 0.505. The summed E-state index contributed by atoms with van der Waals surface area (Å²) in [5, 5.41) is 14.0. The van der Waals surface area contributed by atoms with Crippen LogP contribution >= 0.6 is 0 Å². The van der Waals surface area contributed by atoms with E-state index in [4.69, 9.17) is 0 Å². The third-order valence-corrected chi connectivity index (χ3v) is 4.13. The molecule has 1 atom stereocenters. The molecule has 0 saturated carbocycles. The molecule has 106 valence electrons. The highest BCUT2D eigenvalue weighted by Crippen LogP contribution is 2.24. The van der Waals surface area contributed by atoms with Crippen molar-refractivity contribution in [1.82, 2.24) is 4.57 Å². The van der Waals surface area contributed by atoms with Crippen LogP contribution in [0.1, 0.15) is 11.7 Å². The zero-order valence-electron chi connectivity index (χ0n) is 11.7. The van der Waals surface area contributed by atoms with E-state index in [2.05, 4.69) is 32.7 Å². The van der Waals surface area contributed by atoms with E-state index < -0.39 is 6.10 Å². The lowest BCUT2D eigenvalue weighted by molar-refractivity contribution is -0.644. The Morgan fingerprint density at radius 3 is 2.71 bits per heavy atom. The lowest BCUT2D eigenvalue weighted by Gasteiger charge is -2.10. The second kappa shape index (κ2) is 4.90. The number of aliphatic hydroxyl groups excluding tert-OH is 1. The molecule has 1 aromatic heterocycles. The molecule has 1 aliphatic rings. The first kappa shape index (κ1) is 12.4. The Bertz CT molecular complexity index is 779. The standard InChI is InChI=1S/C17H17N3O/c21-16(13-6-2-1-3-7-13)12-20-15-9-5-4-8-14(15)19-11-10-18-17(19)20/h1-9,16,21H,10-12H2/p+1/t16-/m1/s1. The van der Waals surface area contributed by atoms with Crippen LogP contribution in [0.5, 0.6) is 0 Å². The SMILES string of the molecule is O[C@H](Cn1c2[n+](c3ccccc31)CCN2)c1ccccc1. The van der Waals surface area contributed by atoms with Crippen molar-refractivity contribution in [2.24, 2.45) is 0 Å². The summed E-state index contributed by atoms with van der Waals surface area (Å²) in [5.74, 6) is 1.09. The van der Waals surface area contributed by atoms with Crippen LogP contribution in [0.15, 0.2) is 54.6 Å². The maximum Gasteiger partial charge on any atom is 0.358 e. The Labute approximate surface area is 123 Å². The topological polar surface area (TPSA) is 41.1 Å². The average Bonchev–Trinajstić information content (AvgIpc) is 3.11. The zero-order valence-corrected chi connectivity index (χ0v) is 11.7. The van der Waals surface area contributed by atoms with Crippen molar-refractivity contribution >= 4 is 17.0 Å². The number of nitrogens with one attached hydrogen (secondary N) is 1. The minimum Gasteiger partial charge on any atom is -0.385 e. The van der Waals surface area contributed by atoms with Crippen LogP contribution in [-0.4, -0.2) is 16.2 Å². The van der Waals surface area contributed by atoms with Crippen LogP contribution in [0.25, 0.3) is 11.0 Å². The number of hydrogen-bond donors (Lipinski definition) is 2. The third kappa shape index (κ3) is 1.99. The van der Waals surface area contributed by atoms with Gasteiger partial charge in [0, 0.05) is 0 Å². The molecule has 0 spiro atoms. The van der Waals surface area contributed by atoms with Crippen LogP contribution in [-0.2, 0) is 13.1 Å². The number of anilines is 1. The highest BCUT2D eigenvalue weighted by Gasteiger charge is 2.29. The van der Waals surface area contributed by atoms with Crippen LogP contribution in [0.3, 0.4) is 0 Å². The maximum atomic E-state index is 10.5. The van der Waals surface area contributed by atoms with Gasteiger partial charge in [0.05, 0.1) is 6.54 Å². The van der Waals surface area contributed by atoms with E-state index in [9.17, 15) is 5.11 Å². The van der Waals surface area contributed by atoms with Gasteiger partial charge < -0.3 is 5.11 Å². The fraction of sp³-hybridized carbons (Fsp3) is 0.235. The van der Waals surface area contributed by atoms with Crippen molar-refractivity contribution < 1.29 is 9.67 Å². The zero-order chi connectivity index (χ0) is 14.2. The Morgan fingerprint density at radius 2 is 1.86 bits per heavy atom. The van der Waals surface area contributed by atoms with Crippen molar-refractivity contribution in [3.05, 3.63) is 60.2 Å². The number of rotatable bonds is 3. The number of benzene rings is 2. The van der Waals surface area contributed by atoms with Crippen molar-refractivity contribution in [2.75, 3.05) is 11.9 Å². The predicted molar refractivity (Wildman–Crippen MR) is 82.0 cm³/mol. The van der Waals surface area contributed by atoms with Gasteiger partial charge in [-0.15, -0.1) is 0 Å². The summed E-state index contributed by atoms with van der Waals surface area (Å²) in [6.45, 7) is 2.48. The van der Waals surface area contributed by atoms with Gasteiger partial charge in [-0.1, -0.05) is 42.5 Å². The highest BCUT2D eigenvalue weighted by atomic mass is 16.3. The maximum absolute atomic E-state index is 10.5. The van der Waals surface area contributed by atoms with Gasteiger partial charge in [-0.3, -0.25) is 5.32 Å². The number of nitrogens with zero attached hydrogens (tertiary/aromatic N) is 2. The summed E-state index contributed by atoms with van der Waals surface area (Å²) in [7, 11) is 0. The molecular weight excluding hydrogens is 262 g/mol. The number of hydrogen-bond acceptors (Lipinski definition) is 2. The number of imidazole rings is 1. The van der Waals surface area contributed by atoms with Crippen molar-refractivity contribution in [1.29, 1.82) is 0 Å². The van der Waals surface area contributed by atoms with Crippen molar-refractivity contribution in [2.45, 2.75) is 19.2 Å². The number of aliphatic hydroxyl groups is 1. The third-order valence-electron chi connectivity index (χ3n) is 4.13. The summed E-state index contributed by atoms with van der Waals surface area (Å²) in [5.41, 5.74) is 3.33. The van der Waals surface area contributed by atoms with E-state index in [1.54, 1.807) is 0 Å². The van der Waals surface area contributed by atoms with Crippen LogP contribution in [0, 0.1) is 0 Å². The molecule has 21 heavy (non-hydrogen) atoms. The normalized spacial score (nSPS) is 14.9. The van der Waals surface area contributed by atoms with E-state index in [0.717, 1.165) is 30.1 Å². The largest absolute Gasteiger partial charge is 0.385 e. The van der Waals surface area contributed by atoms with Crippen molar-refractivity contribution in [3.63, 3.8) is 0 Å². The molecule has 4 nitrogen and oxygen atoms in total. The minimum atomic E-state index is -0.505. The Hall–Kier alpha value is -2.33. The molecule has 0 radical (unpaired) electrons. The first-order chi connectivity index (χ1) is 10.3. The molecular formula is C17H18N3O+. The smallest absolute Gasteiger partial charge is 0.358 e. The van der Waals surface area contributed by atoms with Crippen LogP contribution < -0.4 is 9.88 Å². The van der Waals surface area contributed by atoms with Crippen LogP contribution in [0.4, 0.5) is 5.95 Å². The first-order valence-corrected chi connectivity index (χ1v) is 7.32. The van der Waals surface area contributed by atoms with Gasteiger partial charge in [-0.25, -0.2) is 9.13 Å². The molecule has 3 aromatic rings. The van der Waals surface area contributed by atoms with Gasteiger partial charge in [0.2, 0.25) is 0 Å². The molecule has 2 N–H and O–H groups in total. The average molecular weight is 280 g/mol. The second-order valence-corrected chi connectivity index (χ2v) is 5.43. The summed E-state index contributed by atoms with van der Waals surface area (Å²) < 4.78 is 4.47. The van der Waals surface area contributed by atoms with Gasteiger partial charge in [0.15, 0.2) is 0 Å². The number of fused-ring (bicyclic) bond motifs is 3. The Morgan fingerprint density at radius 1 is 1.10 bits per heavy atom. The molecule has 0 amide bonds. The fourth-order valence-electron chi connectivity index (χ4n) is 3.13. The molecule has 1 aliphatic heterocycles. The molecule has 2 aromatic carbocycles. The van der Waals surface area contributed by atoms with E-state index in [1.807, 2.05) is 36.4 Å². The van der Waals surface area contributed by atoms with Gasteiger partial charge in [-0.2, -0.15) is 0 Å². The lowest BCUT2D eigenvalue weighted by Crippen LogP contribution is -2.29. The van der Waals surface area contributed by atoms with E-state index in [1.165, 1.54) is 5.52 Å². The molecule has 4 rings (SSSR count). The molecule has 0 unspecified atom stereocenters. The Kier molecular flexibility index (Phi) is 2.89. The summed E-state index contributed by atoms with van der Waals surface area (Å²) in [4.78, 5) is 0. The van der Waals surface area contributed by atoms with Gasteiger partial charge in [-0.05, 0) is 17.7 Å². The van der Waals surface area contributed by atoms with Gasteiger partial charge in [0.25, 0.3) is 0 Å². The number of aromatic nitrogens is 2. The molecule has 0 saturated heterocycles. The predicted octanol–water partition coefficient (Wildman–Crippen LogP) is 2.09. The second-order valence-electron chi connectivity index (χ2n) is 5.43. The lowest BCUT2D eigenvalue weighted by atomic mass is 10.1. The van der Waals surface area contributed by atoms with Crippen molar-refractivity contribution in [3.8, 4) is 0 Å². The van der Waals surface area contributed by atoms with E-state index in [-0.39, 0.29) is 0 Å². The fourth-order valence-corrected chi connectivity index (χ4v) is 3.13. The molecule has 0 fully saturated rings. The Balaban J connectivity index is 1.77. The van der Waals surface area contributed by atoms with Gasteiger partial charge in [0.1, 0.15) is 30.2 Å². The molecule has 2 heterocycles. The summed E-state index contributed by atoms with van der Waals surface area (Å²) in [6, 6.07) is 18.2. The molecule has 0 bridgehead atoms. The van der Waals surface area contributed by atoms with Gasteiger partial charge >= 0.3 is 5.95 Å². The quantitative estimate of drug-likeness (QED) is 0.721. The van der Waals surface area contributed by atoms with E-state index in [0.29, 0.717) is 6.54 Å². The monoisotopic (exact) mass is 280 g/mol. The highest BCUT2D eigenvalue weighted by molar-refractivity contribution is 5.74. The number of para-hydroxylation sites is 2. The summed E-state index contributed by atoms with van der Waals surface area (Å²) >= 11 is 0. The molecule has 4 heteroatoms. The molecule has 0 aliphatic carbocycles. The first-order valence-electron chi connectivity index (χ1n) is 7.32. The van der Waals surface area contributed by atoms with Crippen LogP contribution in [0.2, 0.25) is 0 Å². The summed E-state index contributed by atoms with van der Waals surface area (Å²) in [6.07, 6.45) is -0.505.